The summed E-state index contributed by atoms with van der Waals surface area (Å²) in [5.41, 5.74) is 2.85. The zero-order chi connectivity index (χ0) is 19.9. The molecule has 0 saturated carbocycles. The van der Waals surface area contributed by atoms with Gasteiger partial charge in [-0.1, -0.05) is 58.0 Å². The average molecular weight is 409 g/mol. The van der Waals surface area contributed by atoms with Gasteiger partial charge in [0.1, 0.15) is 0 Å². The summed E-state index contributed by atoms with van der Waals surface area (Å²) in [6, 6.07) is 9.31. The summed E-state index contributed by atoms with van der Waals surface area (Å²) in [5, 5.41) is 0. The van der Waals surface area contributed by atoms with E-state index in [1.807, 2.05) is 0 Å². The number of nitrogens with zero attached hydrogens (tertiary/aromatic N) is 3. The number of ether oxygens (including phenoxy) is 2. The Labute approximate surface area is 174 Å². The summed E-state index contributed by atoms with van der Waals surface area (Å²) in [5.74, 6) is 1.37. The molecule has 158 valence electrons. The third-order valence-electron chi connectivity index (χ3n) is 5.46. The molecule has 0 aliphatic carbocycles. The molecule has 1 unspecified atom stereocenters. The van der Waals surface area contributed by atoms with E-state index in [0.717, 1.165) is 65.1 Å². The predicted octanol–water partition coefficient (Wildman–Crippen LogP) is 3.30. The zero-order valence-electron chi connectivity index (χ0n) is 18.1. The Morgan fingerprint density at radius 2 is 1.39 bits per heavy atom. The number of hydrogen-bond donors (Lipinski definition) is 0. The van der Waals surface area contributed by atoms with Crippen molar-refractivity contribution >= 4 is 11.5 Å². The number of rotatable bonds is 8. The lowest BCUT2D eigenvalue weighted by Crippen LogP contribution is -2.57. The van der Waals surface area contributed by atoms with Gasteiger partial charge in [-0.15, -0.1) is 0 Å². The van der Waals surface area contributed by atoms with E-state index in [1.54, 1.807) is 0 Å². The van der Waals surface area contributed by atoms with E-state index in [4.69, 9.17) is 9.47 Å². The summed E-state index contributed by atoms with van der Waals surface area (Å²) >= 11 is -0.0245. The summed E-state index contributed by atoms with van der Waals surface area (Å²) in [6.07, 6.45) is 1.25. The Morgan fingerprint density at radius 3 is 1.86 bits per heavy atom. The average Bonchev–Trinajstić information content (AvgIpc) is 2.70. The van der Waals surface area contributed by atoms with Crippen molar-refractivity contribution in [3.8, 4) is 0 Å². The predicted molar refractivity (Wildman–Crippen MR) is 118 cm³/mol. The van der Waals surface area contributed by atoms with Crippen molar-refractivity contribution in [3.05, 3.63) is 35.4 Å². The highest BCUT2D eigenvalue weighted by atomic mass is 32.2. The second-order valence-corrected chi connectivity index (χ2v) is 10.5. The maximum atomic E-state index is 5.60. The minimum Gasteiger partial charge on any atom is -0.378 e. The van der Waals surface area contributed by atoms with E-state index in [-0.39, 0.29) is 11.5 Å². The van der Waals surface area contributed by atoms with E-state index < -0.39 is 0 Å². The molecule has 0 N–H and O–H groups in total. The highest BCUT2D eigenvalue weighted by Gasteiger charge is 2.43. The number of hydrogen-bond acceptors (Lipinski definition) is 5. The van der Waals surface area contributed by atoms with Crippen LogP contribution in [0.5, 0.6) is 0 Å². The lowest BCUT2D eigenvalue weighted by molar-refractivity contribution is 0.0572. The Hall–Kier alpha value is -0.630. The molecule has 1 aromatic rings. The van der Waals surface area contributed by atoms with Crippen LogP contribution in [0.25, 0.3) is 0 Å². The van der Waals surface area contributed by atoms with Gasteiger partial charge >= 0.3 is 0 Å². The Balaban J connectivity index is 1.65. The lowest BCUT2D eigenvalue weighted by Gasteiger charge is -2.35. The van der Waals surface area contributed by atoms with Gasteiger partial charge in [0, 0.05) is 7.05 Å². The maximum absolute atomic E-state index is 5.60. The fraction of sp³-hybridized carbons (Fsp3) is 0.727. The van der Waals surface area contributed by atoms with Crippen LogP contribution in [0.2, 0.25) is 0 Å². The van der Waals surface area contributed by atoms with E-state index in [0.29, 0.717) is 5.92 Å². The largest absolute Gasteiger partial charge is 0.378 e. The molecule has 28 heavy (non-hydrogen) atoms. The van der Waals surface area contributed by atoms with Crippen molar-refractivity contribution in [3.63, 3.8) is 0 Å². The Morgan fingerprint density at radius 1 is 0.893 bits per heavy atom. The van der Waals surface area contributed by atoms with Crippen molar-refractivity contribution in [2.75, 3.05) is 59.7 Å². The highest BCUT2D eigenvalue weighted by molar-refractivity contribution is 7.90. The summed E-state index contributed by atoms with van der Waals surface area (Å²) in [7, 11) is 2.27. The van der Waals surface area contributed by atoms with E-state index in [1.165, 1.54) is 17.5 Å². The minimum atomic E-state index is -0.0245. The number of morpholine rings is 2. The van der Waals surface area contributed by atoms with Crippen molar-refractivity contribution < 1.29 is 9.47 Å². The monoisotopic (exact) mass is 408 g/mol. The van der Waals surface area contributed by atoms with Crippen LogP contribution >= 0.6 is 0 Å². The molecule has 2 fully saturated rings. The third-order valence-corrected chi connectivity index (χ3v) is 7.80. The number of benzene rings is 1. The first kappa shape index (κ1) is 22.1. The van der Waals surface area contributed by atoms with Crippen LogP contribution in [0.3, 0.4) is 0 Å². The van der Waals surface area contributed by atoms with Gasteiger partial charge in [0.15, 0.2) is 0 Å². The third kappa shape index (κ3) is 6.18. The molecule has 6 heteroatoms. The summed E-state index contributed by atoms with van der Waals surface area (Å²) in [4.78, 5) is 0. The normalized spacial score (nSPS) is 21.0. The van der Waals surface area contributed by atoms with Crippen LogP contribution in [0, 0.1) is 5.92 Å². The van der Waals surface area contributed by atoms with Crippen LogP contribution in [-0.4, -0.2) is 72.6 Å². The van der Waals surface area contributed by atoms with Crippen molar-refractivity contribution in [2.24, 2.45) is 5.92 Å². The van der Waals surface area contributed by atoms with E-state index in [2.05, 4.69) is 65.0 Å². The maximum Gasteiger partial charge on any atom is 0.268 e. The van der Waals surface area contributed by atoms with Gasteiger partial charge in [-0.25, -0.2) is 0 Å². The van der Waals surface area contributed by atoms with Gasteiger partial charge < -0.3 is 9.47 Å². The summed E-state index contributed by atoms with van der Waals surface area (Å²) in [6.45, 7) is 15.3. The molecule has 0 aromatic heterocycles. The van der Waals surface area contributed by atoms with E-state index in [9.17, 15) is 0 Å². The first-order valence-electron chi connectivity index (χ1n) is 10.7. The minimum absolute atomic E-state index is 0.0245. The Bertz CT molecular complexity index is 554. The lowest BCUT2D eigenvalue weighted by atomic mass is 9.91. The molecule has 3 rings (SSSR count). The van der Waals surface area contributed by atoms with Crippen LogP contribution in [0.1, 0.15) is 44.2 Å². The van der Waals surface area contributed by atoms with Gasteiger partial charge in [0.2, 0.25) is 0 Å². The molecule has 2 aliphatic rings. The quantitative estimate of drug-likeness (QED) is 0.616. The molecule has 0 bridgehead atoms. The highest BCUT2D eigenvalue weighted by Crippen LogP contribution is 2.25. The van der Waals surface area contributed by atoms with Gasteiger partial charge in [0.05, 0.1) is 59.2 Å². The van der Waals surface area contributed by atoms with Gasteiger partial charge in [-0.2, -0.15) is 0 Å². The van der Waals surface area contributed by atoms with Crippen LogP contribution < -0.4 is 0 Å². The molecule has 1 aromatic carbocycles. The second-order valence-electron chi connectivity index (χ2n) is 8.39. The van der Waals surface area contributed by atoms with Gasteiger partial charge in [0.25, 0.3) is 11.5 Å². The van der Waals surface area contributed by atoms with Gasteiger partial charge in [-0.3, -0.25) is 0 Å². The molecule has 0 amide bonds. The molecule has 2 aliphatic heterocycles. The molecular formula is C22H38N3O2S+. The molecule has 2 saturated heterocycles. The molecule has 2 heterocycles. The fourth-order valence-electron chi connectivity index (χ4n) is 4.09. The Kier molecular flexibility index (Phi) is 8.63. The fourth-order valence-corrected chi connectivity index (χ4v) is 6.42. The van der Waals surface area contributed by atoms with Crippen LogP contribution in [0.15, 0.2) is 24.3 Å². The van der Waals surface area contributed by atoms with Crippen molar-refractivity contribution in [1.29, 1.82) is 0 Å². The summed E-state index contributed by atoms with van der Waals surface area (Å²) < 4.78 is 18.9. The standard InChI is InChI=1S/C22H38N3O2S/c1-19(2)17-20(3)22-7-5-21(6-8-22)18-23(4)28(24-9-13-26-14-10-24)25-11-15-27-16-12-25/h5-8,19-20H,9-18H2,1-4H3/q+1. The first-order valence-corrected chi connectivity index (χ1v) is 11.8. The molecule has 5 nitrogen and oxygen atoms in total. The molecule has 0 spiro atoms. The topological polar surface area (TPSA) is 28.2 Å². The van der Waals surface area contributed by atoms with E-state index >= 15 is 0 Å². The SMILES string of the molecule is CC(C)CC(C)c1ccc(CN(C)[S+](N2CCOCC2)N2CCOCC2)cc1. The first-order chi connectivity index (χ1) is 13.5. The molecule has 0 radical (unpaired) electrons. The van der Waals surface area contributed by atoms with Crippen LogP contribution in [0.4, 0.5) is 0 Å². The van der Waals surface area contributed by atoms with Crippen LogP contribution in [-0.2, 0) is 27.5 Å². The van der Waals surface area contributed by atoms with Crippen molar-refractivity contribution in [1.82, 2.24) is 12.9 Å². The molecule has 1 atom stereocenters. The smallest absolute Gasteiger partial charge is 0.268 e. The molecular weight excluding hydrogens is 370 g/mol. The van der Waals surface area contributed by atoms with Crippen molar-refractivity contribution in [2.45, 2.75) is 39.7 Å². The zero-order valence-corrected chi connectivity index (χ0v) is 18.9. The van der Waals surface area contributed by atoms with Gasteiger partial charge in [-0.05, 0) is 29.4 Å². The second kappa shape index (κ2) is 11.0.